The summed E-state index contributed by atoms with van der Waals surface area (Å²) >= 11 is 3.51. The van der Waals surface area contributed by atoms with Crippen LogP contribution in [-0.4, -0.2) is 16.5 Å². The van der Waals surface area contributed by atoms with Crippen molar-refractivity contribution >= 4 is 15.9 Å². The van der Waals surface area contributed by atoms with E-state index in [1.165, 1.54) is 6.42 Å². The number of halogens is 1. The molecule has 2 heteroatoms. The summed E-state index contributed by atoms with van der Waals surface area (Å²) < 4.78 is 6.09. The van der Waals surface area contributed by atoms with E-state index >= 15 is 0 Å². The summed E-state index contributed by atoms with van der Waals surface area (Å²) in [6.45, 7) is 15.3. The van der Waals surface area contributed by atoms with Crippen molar-refractivity contribution in [3.05, 3.63) is 0 Å². The standard InChI is InChI=1S/C13H27BrO/c1-11(2,3)15-13(6,7)10-12(4,5)8-9-14/h8-10H2,1-7H3. The van der Waals surface area contributed by atoms with Gasteiger partial charge in [0, 0.05) is 5.33 Å². The Kier molecular flexibility index (Phi) is 5.33. The van der Waals surface area contributed by atoms with E-state index in [1.807, 2.05) is 0 Å². The Bertz CT molecular complexity index is 189. The molecule has 0 N–H and O–H groups in total. The van der Waals surface area contributed by atoms with Gasteiger partial charge in [0.05, 0.1) is 11.2 Å². The van der Waals surface area contributed by atoms with Crippen molar-refractivity contribution in [1.82, 2.24) is 0 Å². The molecule has 0 saturated carbocycles. The van der Waals surface area contributed by atoms with Crippen molar-refractivity contribution in [3.8, 4) is 0 Å². The average molecular weight is 279 g/mol. The highest BCUT2D eigenvalue weighted by atomic mass is 79.9. The molecule has 0 spiro atoms. The molecule has 0 fully saturated rings. The molecule has 0 aliphatic carbocycles. The molecule has 0 radical (unpaired) electrons. The van der Waals surface area contributed by atoms with Crippen LogP contribution in [0.2, 0.25) is 0 Å². The molecular weight excluding hydrogens is 252 g/mol. The Morgan fingerprint density at radius 2 is 1.40 bits per heavy atom. The fourth-order valence-corrected chi connectivity index (χ4v) is 3.43. The molecule has 0 saturated heterocycles. The number of hydrogen-bond acceptors (Lipinski definition) is 1. The second-order valence-electron chi connectivity index (χ2n) is 6.75. The van der Waals surface area contributed by atoms with Gasteiger partial charge in [-0.05, 0) is 52.9 Å². The Morgan fingerprint density at radius 3 is 1.73 bits per heavy atom. The molecule has 0 unspecified atom stereocenters. The summed E-state index contributed by atoms with van der Waals surface area (Å²) in [6.07, 6.45) is 2.27. The number of rotatable bonds is 5. The molecule has 0 heterocycles. The van der Waals surface area contributed by atoms with E-state index in [1.54, 1.807) is 0 Å². The van der Waals surface area contributed by atoms with Gasteiger partial charge in [-0.1, -0.05) is 29.8 Å². The molecule has 0 aromatic rings. The SMILES string of the molecule is CC(C)(CCBr)CC(C)(C)OC(C)(C)C. The third kappa shape index (κ3) is 8.27. The minimum Gasteiger partial charge on any atom is -0.370 e. The first kappa shape index (κ1) is 15.4. The van der Waals surface area contributed by atoms with Crippen LogP contribution in [0.15, 0.2) is 0 Å². The summed E-state index contributed by atoms with van der Waals surface area (Å²) in [4.78, 5) is 0. The van der Waals surface area contributed by atoms with Gasteiger partial charge in [-0.15, -0.1) is 0 Å². The lowest BCUT2D eigenvalue weighted by Crippen LogP contribution is -2.38. The molecule has 0 aromatic heterocycles. The smallest absolute Gasteiger partial charge is 0.0638 e. The van der Waals surface area contributed by atoms with Gasteiger partial charge in [0.1, 0.15) is 0 Å². The first-order valence-corrected chi connectivity index (χ1v) is 6.86. The Balaban J connectivity index is 4.36. The highest BCUT2D eigenvalue weighted by Gasteiger charge is 2.32. The lowest BCUT2D eigenvalue weighted by atomic mass is 9.79. The van der Waals surface area contributed by atoms with E-state index in [0.717, 1.165) is 11.8 Å². The summed E-state index contributed by atoms with van der Waals surface area (Å²) in [6, 6.07) is 0. The van der Waals surface area contributed by atoms with Crippen LogP contribution < -0.4 is 0 Å². The molecule has 15 heavy (non-hydrogen) atoms. The normalized spacial score (nSPS) is 14.4. The lowest BCUT2D eigenvalue weighted by molar-refractivity contribution is -0.129. The van der Waals surface area contributed by atoms with Crippen LogP contribution in [-0.2, 0) is 4.74 Å². The molecular formula is C13H27BrO. The van der Waals surface area contributed by atoms with E-state index in [4.69, 9.17) is 4.74 Å². The minimum absolute atomic E-state index is 0.0517. The fraction of sp³-hybridized carbons (Fsp3) is 1.00. The van der Waals surface area contributed by atoms with Crippen molar-refractivity contribution in [2.24, 2.45) is 5.41 Å². The molecule has 0 atom stereocenters. The second-order valence-corrected chi connectivity index (χ2v) is 7.55. The Morgan fingerprint density at radius 1 is 0.933 bits per heavy atom. The third-order valence-corrected chi connectivity index (χ3v) is 2.65. The van der Waals surface area contributed by atoms with Crippen LogP contribution in [0, 0.1) is 5.41 Å². The largest absolute Gasteiger partial charge is 0.370 e. The van der Waals surface area contributed by atoms with E-state index in [9.17, 15) is 0 Å². The predicted molar refractivity (Wildman–Crippen MR) is 71.7 cm³/mol. The van der Waals surface area contributed by atoms with Crippen molar-refractivity contribution in [2.45, 2.75) is 72.5 Å². The molecule has 0 amide bonds. The van der Waals surface area contributed by atoms with Gasteiger partial charge in [-0.2, -0.15) is 0 Å². The first-order chi connectivity index (χ1) is 6.47. The molecule has 0 rings (SSSR count). The van der Waals surface area contributed by atoms with Gasteiger partial charge >= 0.3 is 0 Å². The van der Waals surface area contributed by atoms with Crippen molar-refractivity contribution in [2.75, 3.05) is 5.33 Å². The maximum Gasteiger partial charge on any atom is 0.0638 e. The molecule has 0 bridgehead atoms. The number of alkyl halides is 1. The van der Waals surface area contributed by atoms with Crippen LogP contribution >= 0.6 is 15.9 Å². The van der Waals surface area contributed by atoms with Crippen molar-refractivity contribution < 1.29 is 4.74 Å². The number of hydrogen-bond donors (Lipinski definition) is 0. The van der Waals surface area contributed by atoms with Gasteiger partial charge in [0.25, 0.3) is 0 Å². The Hall–Kier alpha value is 0.440. The van der Waals surface area contributed by atoms with Gasteiger partial charge < -0.3 is 4.74 Å². The van der Waals surface area contributed by atoms with Crippen LogP contribution in [0.5, 0.6) is 0 Å². The van der Waals surface area contributed by atoms with E-state index in [-0.39, 0.29) is 11.2 Å². The Labute approximate surface area is 104 Å². The molecule has 92 valence electrons. The van der Waals surface area contributed by atoms with Gasteiger partial charge in [-0.25, -0.2) is 0 Å². The third-order valence-electron chi connectivity index (χ3n) is 2.26. The lowest BCUT2D eigenvalue weighted by Gasteiger charge is -2.39. The van der Waals surface area contributed by atoms with Gasteiger partial charge in [-0.3, -0.25) is 0 Å². The van der Waals surface area contributed by atoms with Crippen LogP contribution in [0.4, 0.5) is 0 Å². The van der Waals surface area contributed by atoms with E-state index < -0.39 is 0 Å². The predicted octanol–water partition coefficient (Wildman–Crippen LogP) is 4.78. The van der Waals surface area contributed by atoms with Crippen molar-refractivity contribution in [3.63, 3.8) is 0 Å². The van der Waals surface area contributed by atoms with Gasteiger partial charge in [0.15, 0.2) is 0 Å². The monoisotopic (exact) mass is 278 g/mol. The maximum atomic E-state index is 6.09. The number of ether oxygens (including phenoxy) is 1. The second kappa shape index (κ2) is 5.18. The zero-order valence-electron chi connectivity index (χ0n) is 11.4. The summed E-state index contributed by atoms with van der Waals surface area (Å²) in [5, 5.41) is 1.06. The zero-order valence-corrected chi connectivity index (χ0v) is 13.0. The molecule has 0 aliphatic rings. The summed E-state index contributed by atoms with van der Waals surface area (Å²) in [5.74, 6) is 0. The van der Waals surface area contributed by atoms with Gasteiger partial charge in [0.2, 0.25) is 0 Å². The summed E-state index contributed by atoms with van der Waals surface area (Å²) in [5.41, 5.74) is 0.218. The quantitative estimate of drug-likeness (QED) is 0.658. The highest BCUT2D eigenvalue weighted by Crippen LogP contribution is 2.35. The van der Waals surface area contributed by atoms with Crippen LogP contribution in [0.25, 0.3) is 0 Å². The molecule has 1 nitrogen and oxygen atoms in total. The zero-order chi connectivity index (χ0) is 12.3. The van der Waals surface area contributed by atoms with Crippen molar-refractivity contribution in [1.29, 1.82) is 0 Å². The van der Waals surface area contributed by atoms with Crippen LogP contribution in [0.1, 0.15) is 61.3 Å². The van der Waals surface area contributed by atoms with E-state index in [2.05, 4.69) is 64.4 Å². The average Bonchev–Trinajstić information content (AvgIpc) is 1.74. The van der Waals surface area contributed by atoms with E-state index in [0.29, 0.717) is 5.41 Å². The molecule has 0 aliphatic heterocycles. The topological polar surface area (TPSA) is 9.23 Å². The summed E-state index contributed by atoms with van der Waals surface area (Å²) in [7, 11) is 0. The minimum atomic E-state index is -0.0615. The fourth-order valence-electron chi connectivity index (χ4n) is 2.36. The van der Waals surface area contributed by atoms with Crippen LogP contribution in [0.3, 0.4) is 0 Å². The first-order valence-electron chi connectivity index (χ1n) is 5.74. The molecule has 0 aromatic carbocycles. The highest BCUT2D eigenvalue weighted by molar-refractivity contribution is 9.09. The maximum absolute atomic E-state index is 6.09.